The highest BCUT2D eigenvalue weighted by Crippen LogP contribution is 2.34. The van der Waals surface area contributed by atoms with E-state index in [4.69, 9.17) is 5.11 Å². The Kier molecular flexibility index (Phi) is 10.8. The lowest BCUT2D eigenvalue weighted by Crippen LogP contribution is -2.46. The number of carbonyl (C=O) groups is 1. The van der Waals surface area contributed by atoms with E-state index in [-0.39, 0.29) is 36.7 Å². The number of alkyl halides is 3. The van der Waals surface area contributed by atoms with Crippen LogP contribution in [0.4, 0.5) is 30.5 Å². The number of piperazine rings is 1. The van der Waals surface area contributed by atoms with E-state index in [1.165, 1.54) is 18.5 Å². The van der Waals surface area contributed by atoms with Crippen molar-refractivity contribution in [2.45, 2.75) is 19.6 Å². The summed E-state index contributed by atoms with van der Waals surface area (Å²) in [5.74, 6) is -0.347. The topological polar surface area (TPSA) is 119 Å². The monoisotopic (exact) mass is 628 g/mol. The van der Waals surface area contributed by atoms with Gasteiger partial charge in [0.15, 0.2) is 0 Å². The number of aryl methyl sites for hydroxylation is 1. The summed E-state index contributed by atoms with van der Waals surface area (Å²) in [6.45, 7) is 5.13. The third-order valence-corrected chi connectivity index (χ3v) is 7.21. The number of benzene rings is 2. The molecule has 5 rings (SSSR count). The van der Waals surface area contributed by atoms with Crippen LogP contribution in [0.5, 0.6) is 0 Å². The van der Waals surface area contributed by atoms with Crippen molar-refractivity contribution in [2.24, 2.45) is 0 Å². The van der Waals surface area contributed by atoms with E-state index in [1.54, 1.807) is 42.9 Å². The van der Waals surface area contributed by atoms with E-state index in [9.17, 15) is 18.0 Å². The van der Waals surface area contributed by atoms with Crippen LogP contribution >= 0.6 is 12.4 Å². The van der Waals surface area contributed by atoms with Crippen LogP contribution in [0.25, 0.3) is 11.3 Å². The first-order valence-electron chi connectivity index (χ1n) is 13.7. The summed E-state index contributed by atoms with van der Waals surface area (Å²) in [5, 5.41) is 15.0. The van der Waals surface area contributed by atoms with Crippen molar-refractivity contribution >= 4 is 35.6 Å². The van der Waals surface area contributed by atoms with Gasteiger partial charge < -0.3 is 15.7 Å². The molecule has 0 aliphatic carbocycles. The van der Waals surface area contributed by atoms with Crippen LogP contribution in [-0.4, -0.2) is 80.1 Å². The average molecular weight is 629 g/mol. The molecule has 44 heavy (non-hydrogen) atoms. The highest BCUT2D eigenvalue weighted by molar-refractivity contribution is 6.04. The second kappa shape index (κ2) is 14.5. The van der Waals surface area contributed by atoms with Crippen LogP contribution in [0.3, 0.4) is 0 Å². The number of nitrogens with zero attached hydrogens (tertiary/aromatic N) is 6. The third-order valence-electron chi connectivity index (χ3n) is 7.21. The third kappa shape index (κ3) is 8.26. The zero-order valence-corrected chi connectivity index (χ0v) is 24.7. The lowest BCUT2D eigenvalue weighted by atomic mass is 10.0. The van der Waals surface area contributed by atoms with Gasteiger partial charge in [-0.15, -0.1) is 12.4 Å². The lowest BCUT2D eigenvalue weighted by molar-refractivity contribution is -0.138. The number of aliphatic hydroxyl groups is 1. The first-order chi connectivity index (χ1) is 20.7. The van der Waals surface area contributed by atoms with Gasteiger partial charge in [-0.25, -0.2) is 19.9 Å². The SMILES string of the molecule is Cc1ccc(NC(=O)c2ccc(CN3CCN(CCO)CC3)c(C(F)(F)F)c2)cc1Nc1nccc(-c2cncnc2)n1.Cl. The highest BCUT2D eigenvalue weighted by Gasteiger charge is 2.34. The molecule has 0 radical (unpaired) electrons. The fourth-order valence-electron chi connectivity index (χ4n) is 4.84. The number of aliphatic hydroxyl groups excluding tert-OH is 1. The maximum absolute atomic E-state index is 14.1. The molecule has 14 heteroatoms. The molecule has 0 unspecified atom stereocenters. The number of rotatable bonds is 9. The number of carbonyl (C=O) groups excluding carboxylic acids is 1. The van der Waals surface area contributed by atoms with Crippen molar-refractivity contribution in [1.29, 1.82) is 0 Å². The van der Waals surface area contributed by atoms with E-state index >= 15 is 0 Å². The minimum absolute atomic E-state index is 0. The number of halogens is 4. The molecule has 0 spiro atoms. The molecule has 4 aromatic rings. The van der Waals surface area contributed by atoms with Gasteiger partial charge in [-0.3, -0.25) is 14.6 Å². The molecular weight excluding hydrogens is 597 g/mol. The van der Waals surface area contributed by atoms with Crippen molar-refractivity contribution in [1.82, 2.24) is 29.7 Å². The summed E-state index contributed by atoms with van der Waals surface area (Å²) in [7, 11) is 0. The summed E-state index contributed by atoms with van der Waals surface area (Å²) in [5.41, 5.74) is 2.38. The predicted octanol–water partition coefficient (Wildman–Crippen LogP) is 4.79. The second-order valence-corrected chi connectivity index (χ2v) is 10.2. The van der Waals surface area contributed by atoms with Crippen molar-refractivity contribution < 1.29 is 23.1 Å². The van der Waals surface area contributed by atoms with Gasteiger partial charge in [0.25, 0.3) is 5.91 Å². The summed E-state index contributed by atoms with van der Waals surface area (Å²) in [4.78, 5) is 33.9. The van der Waals surface area contributed by atoms with Gasteiger partial charge in [0.1, 0.15) is 6.33 Å². The number of anilines is 3. The fraction of sp³-hybridized carbons (Fsp3) is 0.300. The molecule has 0 atom stereocenters. The quantitative estimate of drug-likeness (QED) is 0.240. The first kappa shape index (κ1) is 32.7. The first-order valence-corrected chi connectivity index (χ1v) is 13.7. The highest BCUT2D eigenvalue weighted by atomic mass is 35.5. The maximum atomic E-state index is 14.1. The minimum atomic E-state index is -4.62. The molecule has 1 saturated heterocycles. The van der Waals surface area contributed by atoms with Crippen LogP contribution in [0.2, 0.25) is 0 Å². The van der Waals surface area contributed by atoms with E-state index in [1.807, 2.05) is 11.8 Å². The van der Waals surface area contributed by atoms with Crippen molar-refractivity contribution in [2.75, 3.05) is 50.0 Å². The van der Waals surface area contributed by atoms with Crippen LogP contribution in [0.1, 0.15) is 27.0 Å². The summed E-state index contributed by atoms with van der Waals surface area (Å²) < 4.78 is 42.2. The van der Waals surface area contributed by atoms with E-state index in [0.717, 1.165) is 17.2 Å². The number of amides is 1. The van der Waals surface area contributed by atoms with Crippen LogP contribution in [-0.2, 0) is 12.7 Å². The summed E-state index contributed by atoms with van der Waals surface area (Å²) >= 11 is 0. The zero-order valence-electron chi connectivity index (χ0n) is 23.9. The van der Waals surface area contributed by atoms with Gasteiger partial charge in [0.2, 0.25) is 5.95 Å². The number of aromatic nitrogens is 4. The molecule has 0 bridgehead atoms. The lowest BCUT2D eigenvalue weighted by Gasteiger charge is -2.34. The van der Waals surface area contributed by atoms with Crippen LogP contribution in [0, 0.1) is 6.92 Å². The molecule has 1 fully saturated rings. The molecule has 1 amide bonds. The number of nitrogens with one attached hydrogen (secondary N) is 2. The van der Waals surface area contributed by atoms with Gasteiger partial charge >= 0.3 is 6.18 Å². The molecular formula is C30H32ClF3N8O2. The van der Waals surface area contributed by atoms with Gasteiger partial charge in [0, 0.05) is 80.4 Å². The number of hydrogen-bond donors (Lipinski definition) is 3. The molecule has 3 N–H and O–H groups in total. The largest absolute Gasteiger partial charge is 0.416 e. The van der Waals surface area contributed by atoms with Gasteiger partial charge in [-0.2, -0.15) is 13.2 Å². The van der Waals surface area contributed by atoms with Gasteiger partial charge in [0.05, 0.1) is 17.9 Å². The van der Waals surface area contributed by atoms with Crippen LogP contribution in [0.15, 0.2) is 67.4 Å². The fourth-order valence-corrected chi connectivity index (χ4v) is 4.84. The molecule has 1 aliphatic rings. The Bertz CT molecular complexity index is 1570. The Balaban J connectivity index is 0.00000442. The molecule has 10 nitrogen and oxygen atoms in total. The van der Waals surface area contributed by atoms with Crippen LogP contribution < -0.4 is 10.6 Å². The molecule has 1 aliphatic heterocycles. The predicted molar refractivity (Wildman–Crippen MR) is 163 cm³/mol. The summed E-state index contributed by atoms with van der Waals surface area (Å²) in [6, 6.07) is 10.6. The van der Waals surface area contributed by atoms with E-state index in [2.05, 4.69) is 35.5 Å². The molecule has 0 saturated carbocycles. The van der Waals surface area contributed by atoms with E-state index < -0.39 is 17.6 Å². The molecule has 232 valence electrons. The average Bonchev–Trinajstić information content (AvgIpc) is 3.00. The van der Waals surface area contributed by atoms with Gasteiger partial charge in [-0.1, -0.05) is 12.1 Å². The number of hydrogen-bond acceptors (Lipinski definition) is 9. The Hall–Kier alpha value is -4.17. The Labute approximate surface area is 258 Å². The zero-order chi connectivity index (χ0) is 30.4. The number of β-amino-alcohol motifs (C(OH)–C–C–N with tert-alkyl or cyclic N) is 1. The minimum Gasteiger partial charge on any atom is -0.395 e. The standard InChI is InChI=1S/C30H31F3N8O2.ClH/c1-20-2-5-24(15-27(20)39-29-36-7-6-26(38-29)23-16-34-19-35-17-23)37-28(43)21-3-4-22(25(14-21)30(31,32)33)18-41-10-8-40(9-11-41)12-13-42;/h2-7,14-17,19,42H,8-13,18H2,1H3,(H,37,43)(H,36,38,39);1H. The Morgan fingerprint density at radius 3 is 2.43 bits per heavy atom. The Morgan fingerprint density at radius 2 is 1.73 bits per heavy atom. The molecule has 2 aromatic carbocycles. The second-order valence-electron chi connectivity index (χ2n) is 10.2. The van der Waals surface area contributed by atoms with Crippen molar-refractivity contribution in [3.8, 4) is 11.3 Å². The normalized spacial score (nSPS) is 14.1. The summed E-state index contributed by atoms with van der Waals surface area (Å²) in [6.07, 6.45) is 1.68. The van der Waals surface area contributed by atoms with Gasteiger partial charge in [-0.05, 0) is 48.4 Å². The smallest absolute Gasteiger partial charge is 0.395 e. The van der Waals surface area contributed by atoms with E-state index in [0.29, 0.717) is 55.7 Å². The maximum Gasteiger partial charge on any atom is 0.416 e. The molecule has 3 heterocycles. The van der Waals surface area contributed by atoms with Crippen molar-refractivity contribution in [3.63, 3.8) is 0 Å². The molecule has 2 aromatic heterocycles. The Morgan fingerprint density at radius 1 is 1.00 bits per heavy atom. The van der Waals surface area contributed by atoms with Crippen molar-refractivity contribution in [3.05, 3.63) is 89.6 Å².